The van der Waals surface area contributed by atoms with E-state index in [9.17, 15) is 22.8 Å². The Labute approximate surface area is 126 Å². The van der Waals surface area contributed by atoms with Crippen molar-refractivity contribution in [1.29, 1.82) is 0 Å². The van der Waals surface area contributed by atoms with Crippen molar-refractivity contribution in [2.45, 2.75) is 45.3 Å². The number of hydrogen-bond donors (Lipinski definition) is 2. The van der Waals surface area contributed by atoms with E-state index in [0.29, 0.717) is 24.1 Å². The molecule has 0 radical (unpaired) electrons. The van der Waals surface area contributed by atoms with Crippen LogP contribution < -0.4 is 10.9 Å². The first kappa shape index (κ1) is 16.6. The highest BCUT2D eigenvalue weighted by molar-refractivity contribution is 5.94. The Morgan fingerprint density at radius 2 is 1.82 bits per heavy atom. The number of carbonyl (C=O) groups excluding carboxylic acids is 1. The van der Waals surface area contributed by atoms with Crippen LogP contribution in [0.4, 0.5) is 13.2 Å². The van der Waals surface area contributed by atoms with Crippen molar-refractivity contribution in [3.05, 3.63) is 33.7 Å². The lowest BCUT2D eigenvalue weighted by Crippen LogP contribution is -2.41. The van der Waals surface area contributed by atoms with Crippen LogP contribution in [-0.2, 0) is 6.18 Å². The van der Waals surface area contributed by atoms with E-state index in [0.717, 1.165) is 19.3 Å². The molecule has 0 aromatic carbocycles. The van der Waals surface area contributed by atoms with E-state index < -0.39 is 28.8 Å². The molecule has 0 saturated heterocycles. The van der Waals surface area contributed by atoms with Gasteiger partial charge in [0.15, 0.2) is 0 Å². The van der Waals surface area contributed by atoms with Crippen molar-refractivity contribution in [1.82, 2.24) is 10.3 Å². The lowest BCUT2D eigenvalue weighted by Gasteiger charge is -2.31. The van der Waals surface area contributed by atoms with Crippen LogP contribution in [0.2, 0.25) is 0 Å². The van der Waals surface area contributed by atoms with Gasteiger partial charge in [0.25, 0.3) is 11.5 Å². The molecule has 1 aliphatic rings. The number of halogens is 3. The Hall–Kier alpha value is -1.79. The first-order valence-electron chi connectivity index (χ1n) is 7.27. The maximum atomic E-state index is 12.7. The van der Waals surface area contributed by atoms with Gasteiger partial charge in [-0.15, -0.1) is 0 Å². The molecule has 1 saturated carbocycles. The lowest BCUT2D eigenvalue weighted by atomic mass is 9.80. The number of rotatable bonds is 2. The van der Waals surface area contributed by atoms with Gasteiger partial charge >= 0.3 is 6.18 Å². The largest absolute Gasteiger partial charge is 0.417 e. The lowest BCUT2D eigenvalue weighted by molar-refractivity contribution is -0.137. The Morgan fingerprint density at radius 1 is 1.23 bits per heavy atom. The van der Waals surface area contributed by atoms with E-state index in [1.807, 2.05) is 4.98 Å². The van der Waals surface area contributed by atoms with Crippen LogP contribution >= 0.6 is 0 Å². The number of pyridine rings is 1. The number of H-pyrrole nitrogens is 1. The normalized spacial score (nSPS) is 25.8. The highest BCUT2D eigenvalue weighted by Gasteiger charge is 2.32. The van der Waals surface area contributed by atoms with Gasteiger partial charge < -0.3 is 10.3 Å². The third-order valence-corrected chi connectivity index (χ3v) is 3.99. The van der Waals surface area contributed by atoms with Crippen LogP contribution in [0.15, 0.2) is 17.1 Å². The Kier molecular flexibility index (Phi) is 4.63. The predicted octanol–water partition coefficient (Wildman–Crippen LogP) is 2.95. The molecule has 1 aromatic heterocycles. The molecule has 1 amide bonds. The highest BCUT2D eigenvalue weighted by Crippen LogP contribution is 2.30. The summed E-state index contributed by atoms with van der Waals surface area (Å²) in [4.78, 5) is 25.7. The summed E-state index contributed by atoms with van der Waals surface area (Å²) >= 11 is 0. The van der Waals surface area contributed by atoms with Crippen molar-refractivity contribution in [2.75, 3.05) is 0 Å². The van der Waals surface area contributed by atoms with E-state index in [1.165, 1.54) is 0 Å². The van der Waals surface area contributed by atoms with Crippen LogP contribution in [-0.4, -0.2) is 16.9 Å². The zero-order valence-corrected chi connectivity index (χ0v) is 12.5. The molecule has 0 aliphatic heterocycles. The van der Waals surface area contributed by atoms with Gasteiger partial charge in [0.1, 0.15) is 5.56 Å². The Bertz CT molecular complexity index is 600. The average Bonchev–Trinajstić information content (AvgIpc) is 2.36. The van der Waals surface area contributed by atoms with Gasteiger partial charge in [0.05, 0.1) is 5.56 Å². The number of alkyl halides is 3. The fourth-order valence-electron chi connectivity index (χ4n) is 3.14. The Balaban J connectivity index is 2.17. The molecule has 2 unspecified atom stereocenters. The molecule has 1 aromatic rings. The number of nitrogens with one attached hydrogen (secondary N) is 2. The summed E-state index contributed by atoms with van der Waals surface area (Å²) in [7, 11) is 0. The van der Waals surface area contributed by atoms with Crippen LogP contribution in [0.25, 0.3) is 0 Å². The van der Waals surface area contributed by atoms with Gasteiger partial charge in [-0.3, -0.25) is 9.59 Å². The van der Waals surface area contributed by atoms with E-state index in [1.54, 1.807) is 0 Å². The maximum Gasteiger partial charge on any atom is 0.417 e. The zero-order chi connectivity index (χ0) is 16.5. The monoisotopic (exact) mass is 316 g/mol. The molecule has 2 atom stereocenters. The molecule has 4 nitrogen and oxygen atoms in total. The van der Waals surface area contributed by atoms with Gasteiger partial charge in [0.2, 0.25) is 0 Å². The predicted molar refractivity (Wildman–Crippen MR) is 75.5 cm³/mol. The number of amides is 1. The smallest absolute Gasteiger partial charge is 0.349 e. The number of hydrogen-bond acceptors (Lipinski definition) is 2. The summed E-state index contributed by atoms with van der Waals surface area (Å²) < 4.78 is 38.0. The summed E-state index contributed by atoms with van der Waals surface area (Å²) in [6.07, 6.45) is -1.42. The molecule has 2 N–H and O–H groups in total. The summed E-state index contributed by atoms with van der Waals surface area (Å²) in [6, 6.07) is 0.490. The zero-order valence-electron chi connectivity index (χ0n) is 12.5. The molecular weight excluding hydrogens is 297 g/mol. The third-order valence-electron chi connectivity index (χ3n) is 3.99. The van der Waals surface area contributed by atoms with Crippen LogP contribution in [0.3, 0.4) is 0 Å². The van der Waals surface area contributed by atoms with Gasteiger partial charge in [-0.1, -0.05) is 13.8 Å². The van der Waals surface area contributed by atoms with Crippen molar-refractivity contribution in [3.8, 4) is 0 Å². The molecule has 1 aliphatic carbocycles. The highest BCUT2D eigenvalue weighted by atomic mass is 19.4. The second kappa shape index (κ2) is 6.14. The minimum absolute atomic E-state index is 0.111. The second-order valence-corrected chi connectivity index (χ2v) is 6.22. The number of aromatic nitrogens is 1. The van der Waals surface area contributed by atoms with E-state index in [4.69, 9.17) is 0 Å². The van der Waals surface area contributed by atoms with Gasteiger partial charge in [-0.25, -0.2) is 0 Å². The standard InChI is InChI=1S/C15H19F3N2O2/c1-8-3-9(2)5-11(4-8)20-14(22)12-6-10(15(16,17)18)7-19-13(12)21/h6-9,11H,3-5H2,1-2H3,(H,19,21)(H,20,22). The fourth-order valence-corrected chi connectivity index (χ4v) is 3.14. The van der Waals surface area contributed by atoms with E-state index in [2.05, 4.69) is 19.2 Å². The minimum Gasteiger partial charge on any atom is -0.349 e. The molecule has 1 fully saturated rings. The molecule has 122 valence electrons. The van der Waals surface area contributed by atoms with Crippen LogP contribution in [0.1, 0.15) is 49.0 Å². The molecular formula is C15H19F3N2O2. The topological polar surface area (TPSA) is 62.0 Å². The summed E-state index contributed by atoms with van der Waals surface area (Å²) in [6.45, 7) is 4.15. The maximum absolute atomic E-state index is 12.7. The van der Waals surface area contributed by atoms with Gasteiger partial charge in [0, 0.05) is 12.2 Å². The summed E-state index contributed by atoms with van der Waals surface area (Å²) in [5.41, 5.74) is -2.36. The molecule has 7 heteroatoms. The van der Waals surface area contributed by atoms with E-state index in [-0.39, 0.29) is 6.04 Å². The summed E-state index contributed by atoms with van der Waals surface area (Å²) in [5.74, 6) is 0.126. The van der Waals surface area contributed by atoms with Crippen molar-refractivity contribution in [3.63, 3.8) is 0 Å². The Morgan fingerprint density at radius 3 is 2.36 bits per heavy atom. The van der Waals surface area contributed by atoms with Gasteiger partial charge in [-0.05, 0) is 37.2 Å². The number of carbonyl (C=O) groups is 1. The van der Waals surface area contributed by atoms with Crippen molar-refractivity contribution in [2.24, 2.45) is 11.8 Å². The average molecular weight is 316 g/mol. The molecule has 2 rings (SSSR count). The quantitative estimate of drug-likeness (QED) is 0.881. The van der Waals surface area contributed by atoms with Crippen molar-refractivity contribution < 1.29 is 18.0 Å². The minimum atomic E-state index is -4.60. The first-order chi connectivity index (χ1) is 10.2. The fraction of sp³-hybridized carbons (Fsp3) is 0.600. The third kappa shape index (κ3) is 3.90. The number of aromatic amines is 1. The van der Waals surface area contributed by atoms with Crippen molar-refractivity contribution >= 4 is 5.91 Å². The molecule has 1 heterocycles. The molecule has 22 heavy (non-hydrogen) atoms. The van der Waals surface area contributed by atoms with Crippen LogP contribution in [0, 0.1) is 11.8 Å². The summed E-state index contributed by atoms with van der Waals surface area (Å²) in [5, 5.41) is 2.69. The van der Waals surface area contributed by atoms with Crippen LogP contribution in [0.5, 0.6) is 0 Å². The molecule has 0 spiro atoms. The SMILES string of the molecule is CC1CC(C)CC(NC(=O)c2cc(C(F)(F)F)c[nH]c2=O)C1. The second-order valence-electron chi connectivity index (χ2n) is 6.22. The molecule has 0 bridgehead atoms. The first-order valence-corrected chi connectivity index (χ1v) is 7.27. The van der Waals surface area contributed by atoms with E-state index >= 15 is 0 Å². The van der Waals surface area contributed by atoms with Gasteiger partial charge in [-0.2, -0.15) is 13.2 Å².